The number of hydrogen-bond donors (Lipinski definition) is 3. The second kappa shape index (κ2) is 8.05. The zero-order chi connectivity index (χ0) is 11.7. The fourth-order valence-corrected chi connectivity index (χ4v) is 1.73. The molecule has 0 bridgehead atoms. The van der Waals surface area contributed by atoms with Gasteiger partial charge in [-0.15, -0.1) is 0 Å². The van der Waals surface area contributed by atoms with Gasteiger partial charge in [0.15, 0.2) is 0 Å². The number of hydrogen-bond acceptors (Lipinski definition) is 4. The lowest BCUT2D eigenvalue weighted by molar-refractivity contribution is 0.208. The maximum atomic E-state index is 5.52. The molecule has 0 aromatic carbocycles. The van der Waals surface area contributed by atoms with Gasteiger partial charge in [-0.1, -0.05) is 13.8 Å². The van der Waals surface area contributed by atoms with E-state index < -0.39 is 0 Å². The second-order valence-electron chi connectivity index (χ2n) is 4.97. The molecule has 4 nitrogen and oxygen atoms in total. The molecule has 0 saturated heterocycles. The average molecular weight is 216 g/mol. The maximum absolute atomic E-state index is 5.52. The highest BCUT2D eigenvalue weighted by atomic mass is 15.1. The summed E-state index contributed by atoms with van der Waals surface area (Å²) in [6.07, 6.45) is 0. The van der Waals surface area contributed by atoms with Crippen molar-refractivity contribution in [3.8, 4) is 0 Å². The summed E-state index contributed by atoms with van der Waals surface area (Å²) in [6.45, 7) is 10.5. The standard InChI is InChI=1S/C11H28N4/c1-11(2,9-14-7-6-13-3)10-15(4)8-5-12/h13-14H,5-10,12H2,1-4H3. The topological polar surface area (TPSA) is 53.3 Å². The van der Waals surface area contributed by atoms with Crippen molar-refractivity contribution >= 4 is 0 Å². The quantitative estimate of drug-likeness (QED) is 0.464. The van der Waals surface area contributed by atoms with Crippen molar-refractivity contribution in [2.24, 2.45) is 11.1 Å². The smallest absolute Gasteiger partial charge is 0.0102 e. The maximum Gasteiger partial charge on any atom is 0.0102 e. The number of nitrogens with one attached hydrogen (secondary N) is 2. The van der Waals surface area contributed by atoms with Crippen molar-refractivity contribution in [1.82, 2.24) is 15.5 Å². The molecule has 4 heteroatoms. The first kappa shape index (κ1) is 14.8. The van der Waals surface area contributed by atoms with E-state index in [2.05, 4.69) is 36.4 Å². The minimum Gasteiger partial charge on any atom is -0.329 e. The minimum absolute atomic E-state index is 0.303. The summed E-state index contributed by atoms with van der Waals surface area (Å²) >= 11 is 0. The van der Waals surface area contributed by atoms with E-state index >= 15 is 0 Å². The van der Waals surface area contributed by atoms with E-state index in [1.807, 2.05) is 7.05 Å². The Balaban J connectivity index is 3.65. The van der Waals surface area contributed by atoms with Crippen molar-refractivity contribution in [2.45, 2.75) is 13.8 Å². The van der Waals surface area contributed by atoms with Gasteiger partial charge in [-0.2, -0.15) is 0 Å². The Morgan fingerprint density at radius 1 is 1.27 bits per heavy atom. The Morgan fingerprint density at radius 3 is 2.47 bits per heavy atom. The summed E-state index contributed by atoms with van der Waals surface area (Å²) in [5, 5.41) is 6.58. The summed E-state index contributed by atoms with van der Waals surface area (Å²) in [7, 11) is 4.10. The molecule has 0 aromatic rings. The van der Waals surface area contributed by atoms with E-state index in [0.29, 0.717) is 5.41 Å². The Morgan fingerprint density at radius 2 is 1.93 bits per heavy atom. The summed E-state index contributed by atoms with van der Waals surface area (Å²) in [5.74, 6) is 0. The fourth-order valence-electron chi connectivity index (χ4n) is 1.73. The fraction of sp³-hybridized carbons (Fsp3) is 1.00. The molecule has 0 amide bonds. The molecule has 0 aliphatic rings. The van der Waals surface area contributed by atoms with Crippen LogP contribution in [0.25, 0.3) is 0 Å². The molecule has 0 unspecified atom stereocenters. The van der Waals surface area contributed by atoms with Crippen LogP contribution in [0.1, 0.15) is 13.8 Å². The largest absolute Gasteiger partial charge is 0.329 e. The molecule has 92 valence electrons. The highest BCUT2D eigenvalue weighted by molar-refractivity contribution is 4.75. The molecule has 0 rings (SSSR count). The van der Waals surface area contributed by atoms with Gasteiger partial charge < -0.3 is 21.3 Å². The van der Waals surface area contributed by atoms with Crippen LogP contribution >= 0.6 is 0 Å². The van der Waals surface area contributed by atoms with E-state index in [9.17, 15) is 0 Å². The SMILES string of the molecule is CNCCNCC(C)(C)CN(C)CCN. The van der Waals surface area contributed by atoms with Gasteiger partial charge in [0.1, 0.15) is 0 Å². The highest BCUT2D eigenvalue weighted by Gasteiger charge is 2.18. The molecule has 0 aliphatic carbocycles. The molecule has 0 heterocycles. The Kier molecular flexibility index (Phi) is 7.96. The van der Waals surface area contributed by atoms with Crippen molar-refractivity contribution in [2.75, 3.05) is 53.4 Å². The first-order valence-corrected chi connectivity index (χ1v) is 5.76. The first-order valence-electron chi connectivity index (χ1n) is 5.76. The molecule has 0 fully saturated rings. The summed E-state index contributed by atoms with van der Waals surface area (Å²) in [6, 6.07) is 0. The molecular weight excluding hydrogens is 188 g/mol. The number of rotatable bonds is 9. The Bertz CT molecular complexity index is 148. The Labute approximate surface area is 94.6 Å². The molecule has 0 aromatic heterocycles. The zero-order valence-electron chi connectivity index (χ0n) is 10.8. The number of likely N-dealkylation sites (N-methyl/N-ethyl adjacent to an activating group) is 2. The lowest BCUT2D eigenvalue weighted by Crippen LogP contribution is -2.41. The molecule has 0 aliphatic heterocycles. The Hall–Kier alpha value is -0.160. The van der Waals surface area contributed by atoms with Crippen molar-refractivity contribution in [3.05, 3.63) is 0 Å². The lowest BCUT2D eigenvalue weighted by atomic mass is 9.93. The average Bonchev–Trinajstić information content (AvgIpc) is 2.12. The van der Waals surface area contributed by atoms with Crippen LogP contribution in [-0.4, -0.2) is 58.3 Å². The van der Waals surface area contributed by atoms with E-state index in [1.54, 1.807) is 0 Å². The van der Waals surface area contributed by atoms with Crippen LogP contribution in [0.5, 0.6) is 0 Å². The van der Waals surface area contributed by atoms with Crippen LogP contribution in [0.3, 0.4) is 0 Å². The summed E-state index contributed by atoms with van der Waals surface area (Å²) < 4.78 is 0. The summed E-state index contributed by atoms with van der Waals surface area (Å²) in [5.41, 5.74) is 5.83. The third kappa shape index (κ3) is 8.81. The number of nitrogens with two attached hydrogens (primary N) is 1. The second-order valence-corrected chi connectivity index (χ2v) is 4.97. The molecular formula is C11H28N4. The molecule has 4 N–H and O–H groups in total. The van der Waals surface area contributed by atoms with Gasteiger partial charge in [-0.25, -0.2) is 0 Å². The third-order valence-electron chi connectivity index (χ3n) is 2.36. The molecule has 0 atom stereocenters. The van der Waals surface area contributed by atoms with Gasteiger partial charge in [0.2, 0.25) is 0 Å². The lowest BCUT2D eigenvalue weighted by Gasteiger charge is -2.30. The van der Waals surface area contributed by atoms with Crippen LogP contribution in [-0.2, 0) is 0 Å². The van der Waals surface area contributed by atoms with Crippen molar-refractivity contribution < 1.29 is 0 Å². The van der Waals surface area contributed by atoms with E-state index in [4.69, 9.17) is 5.73 Å². The van der Waals surface area contributed by atoms with Gasteiger partial charge in [0.25, 0.3) is 0 Å². The highest BCUT2D eigenvalue weighted by Crippen LogP contribution is 2.14. The first-order chi connectivity index (χ1) is 7.02. The minimum atomic E-state index is 0.303. The van der Waals surface area contributed by atoms with Gasteiger partial charge >= 0.3 is 0 Å². The predicted octanol–water partition coefficient (Wildman–Crippen LogP) is -0.288. The van der Waals surface area contributed by atoms with Crippen molar-refractivity contribution in [3.63, 3.8) is 0 Å². The van der Waals surface area contributed by atoms with Gasteiger partial charge in [0, 0.05) is 39.3 Å². The molecule has 0 radical (unpaired) electrons. The van der Waals surface area contributed by atoms with Crippen LogP contribution in [0.2, 0.25) is 0 Å². The van der Waals surface area contributed by atoms with Crippen LogP contribution in [0.15, 0.2) is 0 Å². The predicted molar refractivity (Wildman–Crippen MR) is 67.1 cm³/mol. The van der Waals surface area contributed by atoms with E-state index in [1.165, 1.54) is 0 Å². The van der Waals surface area contributed by atoms with Gasteiger partial charge in [-0.3, -0.25) is 0 Å². The summed E-state index contributed by atoms with van der Waals surface area (Å²) in [4.78, 5) is 2.29. The number of nitrogens with zero attached hydrogens (tertiary/aromatic N) is 1. The van der Waals surface area contributed by atoms with Crippen LogP contribution in [0, 0.1) is 5.41 Å². The van der Waals surface area contributed by atoms with Crippen LogP contribution in [0.4, 0.5) is 0 Å². The van der Waals surface area contributed by atoms with Crippen molar-refractivity contribution in [1.29, 1.82) is 0 Å². The van der Waals surface area contributed by atoms with Gasteiger partial charge in [0.05, 0.1) is 0 Å². The zero-order valence-corrected chi connectivity index (χ0v) is 10.8. The molecule has 0 saturated carbocycles. The monoisotopic (exact) mass is 216 g/mol. The van der Waals surface area contributed by atoms with E-state index in [0.717, 1.165) is 39.3 Å². The van der Waals surface area contributed by atoms with Crippen LogP contribution < -0.4 is 16.4 Å². The van der Waals surface area contributed by atoms with Gasteiger partial charge in [-0.05, 0) is 19.5 Å². The third-order valence-corrected chi connectivity index (χ3v) is 2.36. The van der Waals surface area contributed by atoms with E-state index in [-0.39, 0.29) is 0 Å². The normalized spacial score (nSPS) is 12.4. The molecule has 0 spiro atoms. The molecule has 15 heavy (non-hydrogen) atoms.